The van der Waals surface area contributed by atoms with Crippen LogP contribution in [0.3, 0.4) is 0 Å². The molecular weight excluding hydrogens is 452 g/mol. The van der Waals surface area contributed by atoms with Crippen LogP contribution in [-0.2, 0) is 14.3 Å². The van der Waals surface area contributed by atoms with E-state index in [9.17, 15) is 9.59 Å². The molecule has 1 aromatic carbocycles. The minimum absolute atomic E-state index is 0.00537. The lowest BCUT2D eigenvalue weighted by molar-refractivity contribution is -0.150. The molecule has 3 fully saturated rings. The number of hydrogen-bond donors (Lipinski definition) is 1. The molecule has 0 radical (unpaired) electrons. The summed E-state index contributed by atoms with van der Waals surface area (Å²) in [6, 6.07) is 9.00. The van der Waals surface area contributed by atoms with Crippen molar-refractivity contribution in [2.45, 2.75) is 76.7 Å². The Kier molecular flexibility index (Phi) is 7.56. The fourth-order valence-corrected chi connectivity index (χ4v) is 6.71. The zero-order valence-corrected chi connectivity index (χ0v) is 22.1. The molecule has 1 spiro atoms. The Morgan fingerprint density at radius 3 is 2.67 bits per heavy atom. The highest BCUT2D eigenvalue weighted by Crippen LogP contribution is 2.53. The van der Waals surface area contributed by atoms with Crippen LogP contribution in [0.15, 0.2) is 24.3 Å². The van der Waals surface area contributed by atoms with Crippen LogP contribution in [0.2, 0.25) is 30.7 Å². The maximum Gasteiger partial charge on any atom is 0.230 e. The number of carbonyl (C=O) groups excluding carboxylic acids is 2. The van der Waals surface area contributed by atoms with E-state index in [1.165, 1.54) is 12.8 Å². The van der Waals surface area contributed by atoms with Crippen LogP contribution in [0.4, 0.5) is 0 Å². The molecule has 5 nitrogen and oxygen atoms in total. The number of amides is 2. The van der Waals surface area contributed by atoms with E-state index >= 15 is 0 Å². The lowest BCUT2D eigenvalue weighted by atomic mass is 9.60. The van der Waals surface area contributed by atoms with Crippen molar-refractivity contribution in [2.75, 3.05) is 19.9 Å². The van der Waals surface area contributed by atoms with Gasteiger partial charge in [0.15, 0.2) is 0 Å². The molecule has 0 aromatic heterocycles. The Bertz CT molecular complexity index is 859. The van der Waals surface area contributed by atoms with Crippen molar-refractivity contribution < 1.29 is 14.3 Å². The van der Waals surface area contributed by atoms with Crippen molar-refractivity contribution in [3.05, 3.63) is 34.9 Å². The van der Waals surface area contributed by atoms with E-state index in [-0.39, 0.29) is 29.2 Å². The Hall–Kier alpha value is -1.37. The first-order valence-electron chi connectivity index (χ1n) is 12.6. The SMILES string of the molecule is C[Si](C)(C)CCOCN1CCC2(CC(C(=O)NC(c3cccc(Cl)c3)C3CCCC3)C2)C1=O. The smallest absolute Gasteiger partial charge is 0.230 e. The van der Waals surface area contributed by atoms with Crippen LogP contribution in [0.1, 0.15) is 56.6 Å². The summed E-state index contributed by atoms with van der Waals surface area (Å²) in [5.74, 6) is 0.653. The van der Waals surface area contributed by atoms with Gasteiger partial charge in [-0.3, -0.25) is 9.59 Å². The van der Waals surface area contributed by atoms with Gasteiger partial charge in [-0.2, -0.15) is 0 Å². The average molecular weight is 491 g/mol. The average Bonchev–Trinajstić information content (AvgIpc) is 3.36. The largest absolute Gasteiger partial charge is 0.361 e. The van der Waals surface area contributed by atoms with Gasteiger partial charge in [-0.05, 0) is 61.8 Å². The van der Waals surface area contributed by atoms with Crippen molar-refractivity contribution >= 4 is 31.5 Å². The maximum atomic E-state index is 13.2. The van der Waals surface area contributed by atoms with Crippen LogP contribution >= 0.6 is 11.6 Å². The number of benzene rings is 1. The van der Waals surface area contributed by atoms with Crippen molar-refractivity contribution in [2.24, 2.45) is 17.3 Å². The van der Waals surface area contributed by atoms with Crippen LogP contribution < -0.4 is 5.32 Å². The number of likely N-dealkylation sites (tertiary alicyclic amines) is 1. The van der Waals surface area contributed by atoms with Gasteiger partial charge in [0.2, 0.25) is 11.8 Å². The van der Waals surface area contributed by atoms with Crippen LogP contribution in [0.25, 0.3) is 0 Å². The van der Waals surface area contributed by atoms with Crippen LogP contribution in [-0.4, -0.2) is 44.7 Å². The Morgan fingerprint density at radius 2 is 2.00 bits per heavy atom. The molecule has 0 bridgehead atoms. The van der Waals surface area contributed by atoms with E-state index < -0.39 is 8.07 Å². The second kappa shape index (κ2) is 10.1. The monoisotopic (exact) mass is 490 g/mol. The van der Waals surface area contributed by atoms with Gasteiger partial charge >= 0.3 is 0 Å². The summed E-state index contributed by atoms with van der Waals surface area (Å²) < 4.78 is 5.82. The molecular formula is C26H39ClN2O3Si. The lowest BCUT2D eigenvalue weighted by Crippen LogP contribution is -2.50. The molecule has 1 unspecified atom stereocenters. The first-order chi connectivity index (χ1) is 15.7. The topological polar surface area (TPSA) is 58.6 Å². The molecule has 4 rings (SSSR count). The second-order valence-corrected chi connectivity index (χ2v) is 17.7. The third-order valence-corrected chi connectivity index (χ3v) is 9.81. The molecule has 1 N–H and O–H groups in total. The Balaban J connectivity index is 1.30. The first kappa shape index (κ1) is 24.7. The first-order valence-corrected chi connectivity index (χ1v) is 16.7. The fraction of sp³-hybridized carbons (Fsp3) is 0.692. The van der Waals surface area contributed by atoms with E-state index in [2.05, 4.69) is 31.0 Å². The van der Waals surface area contributed by atoms with E-state index in [1.54, 1.807) is 0 Å². The Labute approximate surface area is 204 Å². The molecule has 1 heterocycles. The number of carbonyl (C=O) groups is 2. The van der Waals surface area contributed by atoms with E-state index in [0.717, 1.165) is 44.0 Å². The molecule has 1 aromatic rings. The van der Waals surface area contributed by atoms with E-state index in [0.29, 0.717) is 30.5 Å². The number of rotatable bonds is 9. The maximum absolute atomic E-state index is 13.2. The summed E-state index contributed by atoms with van der Waals surface area (Å²) in [5.41, 5.74) is 0.749. The minimum atomic E-state index is -1.13. The molecule has 3 aliphatic rings. The highest BCUT2D eigenvalue weighted by Gasteiger charge is 2.57. The summed E-state index contributed by atoms with van der Waals surface area (Å²) >= 11 is 6.25. The summed E-state index contributed by atoms with van der Waals surface area (Å²) in [6.07, 6.45) is 6.87. The van der Waals surface area contributed by atoms with Gasteiger partial charge in [0, 0.05) is 32.2 Å². The Morgan fingerprint density at radius 1 is 1.27 bits per heavy atom. The number of nitrogens with zero attached hydrogens (tertiary/aromatic N) is 1. The van der Waals surface area contributed by atoms with Crippen molar-refractivity contribution in [3.63, 3.8) is 0 Å². The van der Waals surface area contributed by atoms with Gasteiger partial charge in [-0.1, -0.05) is 56.2 Å². The van der Waals surface area contributed by atoms with Crippen LogP contribution in [0.5, 0.6) is 0 Å². The molecule has 1 saturated heterocycles. The van der Waals surface area contributed by atoms with Crippen molar-refractivity contribution in [1.82, 2.24) is 10.2 Å². The summed E-state index contributed by atoms with van der Waals surface area (Å²) in [7, 11) is -1.13. The van der Waals surface area contributed by atoms with E-state index in [4.69, 9.17) is 16.3 Å². The molecule has 1 aliphatic heterocycles. The summed E-state index contributed by atoms with van der Waals surface area (Å²) in [5, 5.41) is 4.05. The third-order valence-electron chi connectivity index (χ3n) is 7.87. The number of halogens is 1. The van der Waals surface area contributed by atoms with Crippen molar-refractivity contribution in [1.29, 1.82) is 0 Å². The predicted molar refractivity (Wildman–Crippen MR) is 135 cm³/mol. The second-order valence-electron chi connectivity index (χ2n) is 11.6. The van der Waals surface area contributed by atoms with E-state index in [1.807, 2.05) is 23.1 Å². The van der Waals surface area contributed by atoms with Gasteiger partial charge < -0.3 is 15.0 Å². The fourth-order valence-electron chi connectivity index (χ4n) is 5.75. The zero-order chi connectivity index (χ0) is 23.6. The highest BCUT2D eigenvalue weighted by molar-refractivity contribution is 6.76. The van der Waals surface area contributed by atoms with Gasteiger partial charge in [-0.15, -0.1) is 0 Å². The zero-order valence-electron chi connectivity index (χ0n) is 20.4. The molecule has 1 atom stereocenters. The summed E-state index contributed by atoms with van der Waals surface area (Å²) in [4.78, 5) is 28.1. The van der Waals surface area contributed by atoms with Gasteiger partial charge in [0.05, 0.1) is 11.5 Å². The number of nitrogens with one attached hydrogen (secondary N) is 1. The van der Waals surface area contributed by atoms with Gasteiger partial charge in [0.1, 0.15) is 6.73 Å². The lowest BCUT2D eigenvalue weighted by Gasteiger charge is -2.43. The minimum Gasteiger partial charge on any atom is -0.361 e. The quantitative estimate of drug-likeness (QED) is 0.360. The van der Waals surface area contributed by atoms with Crippen LogP contribution in [0, 0.1) is 17.3 Å². The normalized spacial score (nSPS) is 26.6. The molecule has 2 aliphatic carbocycles. The third kappa shape index (κ3) is 5.83. The summed E-state index contributed by atoms with van der Waals surface area (Å²) in [6.45, 7) is 8.85. The number of ether oxygens (including phenoxy) is 1. The molecule has 7 heteroatoms. The van der Waals surface area contributed by atoms with Gasteiger partial charge in [0.25, 0.3) is 0 Å². The predicted octanol–water partition coefficient (Wildman–Crippen LogP) is 5.63. The molecule has 2 amide bonds. The molecule has 33 heavy (non-hydrogen) atoms. The number of hydrogen-bond acceptors (Lipinski definition) is 3. The molecule has 2 saturated carbocycles. The van der Waals surface area contributed by atoms with Gasteiger partial charge in [-0.25, -0.2) is 0 Å². The molecule has 182 valence electrons. The van der Waals surface area contributed by atoms with Crippen molar-refractivity contribution in [3.8, 4) is 0 Å². The highest BCUT2D eigenvalue weighted by atomic mass is 35.5. The standard InChI is InChI=1S/C26H39ClN2O3Si/c1-33(2,3)14-13-32-18-29-12-11-26(25(29)31)16-21(17-26)24(30)28-23(19-7-4-5-8-19)20-9-6-10-22(27)15-20/h6,9-10,15,19,21,23H,4-5,7-8,11-14,16-18H2,1-3H3,(H,28,30).